The second kappa shape index (κ2) is 5.52. The minimum atomic E-state index is -0.764. The predicted octanol–water partition coefficient (Wildman–Crippen LogP) is 1.29. The molecule has 0 unspecified atom stereocenters. The molecule has 0 amide bonds. The number of carbonyl (C=O) groups is 1. The second-order valence-electron chi connectivity index (χ2n) is 4.30. The van der Waals surface area contributed by atoms with E-state index in [0.29, 0.717) is 13.0 Å². The number of allylic oxidation sites excluding steroid dienone is 1. The molecule has 0 radical (unpaired) electrons. The van der Waals surface area contributed by atoms with E-state index in [4.69, 9.17) is 10.8 Å². The first kappa shape index (κ1) is 12.8. The van der Waals surface area contributed by atoms with Gasteiger partial charge in [-0.15, -0.1) is 0 Å². The smallest absolute Gasteiger partial charge is 0.303 e. The van der Waals surface area contributed by atoms with Gasteiger partial charge in [-0.25, -0.2) is 0 Å². The van der Waals surface area contributed by atoms with Crippen molar-refractivity contribution in [3.63, 3.8) is 0 Å². The Kier molecular flexibility index (Phi) is 5.05. The molecular formula is C10H20N2O2. The quantitative estimate of drug-likeness (QED) is 0.584. The van der Waals surface area contributed by atoms with Crippen molar-refractivity contribution in [2.75, 3.05) is 6.54 Å². The number of carboxylic acid groups (broad SMARTS) is 1. The Morgan fingerprint density at radius 1 is 1.50 bits per heavy atom. The topological polar surface area (TPSA) is 75.3 Å². The highest BCUT2D eigenvalue weighted by Gasteiger charge is 2.12. The molecule has 0 saturated heterocycles. The average molecular weight is 200 g/mol. The van der Waals surface area contributed by atoms with Gasteiger partial charge in [0.05, 0.1) is 0 Å². The summed E-state index contributed by atoms with van der Waals surface area (Å²) >= 11 is 0. The van der Waals surface area contributed by atoms with Crippen LogP contribution < -0.4 is 11.1 Å². The molecule has 4 N–H and O–H groups in total. The molecule has 82 valence electrons. The Labute approximate surface area is 85.2 Å². The minimum absolute atomic E-state index is 0.0419. The largest absolute Gasteiger partial charge is 0.481 e. The Morgan fingerprint density at radius 3 is 2.50 bits per heavy atom. The summed E-state index contributed by atoms with van der Waals surface area (Å²) in [6.07, 6.45) is 2.56. The van der Waals surface area contributed by atoms with E-state index >= 15 is 0 Å². The van der Waals surface area contributed by atoms with Crippen LogP contribution in [0, 0.1) is 5.41 Å². The van der Waals surface area contributed by atoms with Crippen LogP contribution in [0.25, 0.3) is 0 Å². The lowest BCUT2D eigenvalue weighted by molar-refractivity contribution is -0.137. The minimum Gasteiger partial charge on any atom is -0.481 e. The van der Waals surface area contributed by atoms with Gasteiger partial charge < -0.3 is 16.2 Å². The lowest BCUT2D eigenvalue weighted by Gasteiger charge is -2.18. The summed E-state index contributed by atoms with van der Waals surface area (Å²) in [7, 11) is 0. The van der Waals surface area contributed by atoms with E-state index in [9.17, 15) is 4.79 Å². The summed E-state index contributed by atoms with van der Waals surface area (Å²) in [6.45, 7) is 6.72. The lowest BCUT2D eigenvalue weighted by Crippen LogP contribution is -2.21. The van der Waals surface area contributed by atoms with Crippen LogP contribution in [0.5, 0.6) is 0 Å². The van der Waals surface area contributed by atoms with Crippen LogP contribution in [0.15, 0.2) is 11.9 Å². The number of hydrogen-bond donors (Lipinski definition) is 3. The molecule has 0 saturated carbocycles. The van der Waals surface area contributed by atoms with Crippen molar-refractivity contribution in [1.82, 2.24) is 5.32 Å². The second-order valence-corrected chi connectivity index (χ2v) is 4.30. The number of nitrogens with two attached hydrogens (primary N) is 1. The monoisotopic (exact) mass is 200 g/mol. The first-order valence-corrected chi connectivity index (χ1v) is 4.75. The standard InChI is InChI=1S/C10H20N2O2/c1-10(2,3)8(11)7-12-6-4-5-9(13)14/h7,12H,4-6,11H2,1-3H3,(H,13,14)/b8-7-. The third-order valence-corrected chi connectivity index (χ3v) is 1.84. The van der Waals surface area contributed by atoms with Gasteiger partial charge in [0.15, 0.2) is 0 Å². The number of carboxylic acids is 1. The maximum absolute atomic E-state index is 10.2. The highest BCUT2D eigenvalue weighted by Crippen LogP contribution is 2.19. The highest BCUT2D eigenvalue weighted by atomic mass is 16.4. The molecular weight excluding hydrogens is 180 g/mol. The van der Waals surface area contributed by atoms with Crippen molar-refractivity contribution in [2.24, 2.45) is 11.1 Å². The van der Waals surface area contributed by atoms with Crippen LogP contribution >= 0.6 is 0 Å². The molecule has 4 nitrogen and oxygen atoms in total. The van der Waals surface area contributed by atoms with E-state index in [1.54, 1.807) is 6.20 Å². The Balaban J connectivity index is 3.67. The van der Waals surface area contributed by atoms with Gasteiger partial charge in [0, 0.05) is 30.3 Å². The van der Waals surface area contributed by atoms with E-state index in [-0.39, 0.29) is 11.8 Å². The summed E-state index contributed by atoms with van der Waals surface area (Å²) in [5, 5.41) is 11.4. The fourth-order valence-corrected chi connectivity index (χ4v) is 0.740. The maximum atomic E-state index is 10.2. The lowest BCUT2D eigenvalue weighted by atomic mass is 9.93. The van der Waals surface area contributed by atoms with Gasteiger partial charge in [-0.2, -0.15) is 0 Å². The molecule has 0 aliphatic rings. The van der Waals surface area contributed by atoms with E-state index in [1.807, 2.05) is 20.8 Å². The van der Waals surface area contributed by atoms with E-state index in [0.717, 1.165) is 5.70 Å². The van der Waals surface area contributed by atoms with Gasteiger partial charge in [0.2, 0.25) is 0 Å². The molecule has 0 aromatic rings. The Hall–Kier alpha value is -1.19. The SMILES string of the molecule is CC(C)(C)/C(N)=C/NCCCC(=O)O. The molecule has 0 atom stereocenters. The highest BCUT2D eigenvalue weighted by molar-refractivity contribution is 5.66. The summed E-state index contributed by atoms with van der Waals surface area (Å²) in [5.74, 6) is -0.764. The summed E-state index contributed by atoms with van der Waals surface area (Å²) < 4.78 is 0. The predicted molar refractivity (Wildman–Crippen MR) is 56.6 cm³/mol. The van der Waals surface area contributed by atoms with Gasteiger partial charge in [-0.05, 0) is 6.42 Å². The summed E-state index contributed by atoms with van der Waals surface area (Å²) in [5.41, 5.74) is 6.50. The van der Waals surface area contributed by atoms with Crippen LogP contribution in [0.3, 0.4) is 0 Å². The normalized spacial score (nSPS) is 12.6. The Morgan fingerprint density at radius 2 is 2.07 bits per heavy atom. The van der Waals surface area contributed by atoms with Gasteiger partial charge in [0.1, 0.15) is 0 Å². The van der Waals surface area contributed by atoms with Gasteiger partial charge in [0.25, 0.3) is 0 Å². The third-order valence-electron chi connectivity index (χ3n) is 1.84. The zero-order valence-corrected chi connectivity index (χ0v) is 9.13. The van der Waals surface area contributed by atoms with Crippen molar-refractivity contribution in [2.45, 2.75) is 33.6 Å². The van der Waals surface area contributed by atoms with Crippen LogP contribution in [0.2, 0.25) is 0 Å². The number of hydrogen-bond acceptors (Lipinski definition) is 3. The number of rotatable bonds is 5. The van der Waals surface area contributed by atoms with Crippen LogP contribution in [-0.2, 0) is 4.79 Å². The van der Waals surface area contributed by atoms with Crippen LogP contribution in [-0.4, -0.2) is 17.6 Å². The van der Waals surface area contributed by atoms with E-state index in [1.165, 1.54) is 0 Å². The summed E-state index contributed by atoms with van der Waals surface area (Å²) in [4.78, 5) is 10.2. The van der Waals surface area contributed by atoms with Crippen LogP contribution in [0.4, 0.5) is 0 Å². The van der Waals surface area contributed by atoms with Crippen molar-refractivity contribution >= 4 is 5.97 Å². The first-order valence-electron chi connectivity index (χ1n) is 4.75. The molecule has 0 bridgehead atoms. The number of nitrogens with one attached hydrogen (secondary N) is 1. The molecule has 0 aromatic heterocycles. The van der Waals surface area contributed by atoms with E-state index < -0.39 is 5.97 Å². The van der Waals surface area contributed by atoms with Crippen molar-refractivity contribution in [3.05, 3.63) is 11.9 Å². The van der Waals surface area contributed by atoms with Crippen molar-refractivity contribution in [1.29, 1.82) is 0 Å². The summed E-state index contributed by atoms with van der Waals surface area (Å²) in [6, 6.07) is 0. The van der Waals surface area contributed by atoms with Gasteiger partial charge in [-0.1, -0.05) is 20.8 Å². The van der Waals surface area contributed by atoms with Crippen molar-refractivity contribution < 1.29 is 9.90 Å². The molecule has 0 fully saturated rings. The number of aliphatic carboxylic acids is 1. The van der Waals surface area contributed by atoms with Crippen LogP contribution in [0.1, 0.15) is 33.6 Å². The van der Waals surface area contributed by atoms with Gasteiger partial charge in [-0.3, -0.25) is 4.79 Å². The first-order chi connectivity index (χ1) is 6.34. The molecule has 4 heteroatoms. The maximum Gasteiger partial charge on any atom is 0.303 e. The average Bonchev–Trinajstić information content (AvgIpc) is 2.01. The zero-order valence-electron chi connectivity index (χ0n) is 9.13. The van der Waals surface area contributed by atoms with E-state index in [2.05, 4.69) is 5.32 Å². The molecule has 0 aliphatic heterocycles. The fraction of sp³-hybridized carbons (Fsp3) is 0.700. The molecule has 14 heavy (non-hydrogen) atoms. The zero-order chi connectivity index (χ0) is 11.2. The molecule has 0 heterocycles. The third kappa shape index (κ3) is 6.34. The molecule has 0 rings (SSSR count). The molecule has 0 aromatic carbocycles. The molecule has 0 spiro atoms. The van der Waals surface area contributed by atoms with Gasteiger partial charge >= 0.3 is 5.97 Å². The molecule has 0 aliphatic carbocycles. The van der Waals surface area contributed by atoms with Crippen molar-refractivity contribution in [3.8, 4) is 0 Å². The Bertz CT molecular complexity index is 217. The fourth-order valence-electron chi connectivity index (χ4n) is 0.740.